The van der Waals surface area contributed by atoms with Gasteiger partial charge in [0.2, 0.25) is 5.91 Å². The Balaban J connectivity index is 5.28. The number of unbranched alkanes of at least 4 members (excludes halogenated alkanes) is 29. The number of ether oxygens (including phenoxy) is 1. The number of hydrogen-bond acceptors (Lipinski definition) is 6. The maximum atomic E-state index is 13.5. The number of nitrogens with zero attached hydrogens (tertiary/aromatic N) is 1. The molecule has 0 saturated heterocycles. The second-order valence-electron chi connectivity index (χ2n) is 21.6. The van der Waals surface area contributed by atoms with Crippen molar-refractivity contribution in [2.75, 3.05) is 40.9 Å². The van der Waals surface area contributed by atoms with Crippen molar-refractivity contribution in [1.82, 2.24) is 5.32 Å². The number of quaternary nitrogens is 1. The molecule has 0 heterocycles. The van der Waals surface area contributed by atoms with E-state index >= 15 is 0 Å². The lowest BCUT2D eigenvalue weighted by molar-refractivity contribution is -0.870. The van der Waals surface area contributed by atoms with Crippen LogP contribution in [0.4, 0.5) is 0 Å². The van der Waals surface area contributed by atoms with Crippen LogP contribution in [0.25, 0.3) is 0 Å². The molecule has 75 heavy (non-hydrogen) atoms. The van der Waals surface area contributed by atoms with E-state index in [4.69, 9.17) is 13.8 Å². The van der Waals surface area contributed by atoms with Crippen LogP contribution in [0, 0.1) is 0 Å². The molecule has 0 aliphatic heterocycles. The molecule has 0 aromatic rings. The number of amides is 1. The average Bonchev–Trinajstić information content (AvgIpc) is 3.37. The van der Waals surface area contributed by atoms with Crippen molar-refractivity contribution in [3.05, 3.63) is 97.2 Å². The van der Waals surface area contributed by atoms with Crippen molar-refractivity contribution < 1.29 is 37.3 Å². The third-order valence-electron chi connectivity index (χ3n) is 13.2. The van der Waals surface area contributed by atoms with E-state index in [1.54, 1.807) is 0 Å². The summed E-state index contributed by atoms with van der Waals surface area (Å²) in [4.78, 5) is 37.7. The molecule has 0 rings (SSSR count). The van der Waals surface area contributed by atoms with Gasteiger partial charge >= 0.3 is 13.8 Å². The number of carbonyl (C=O) groups is 2. The molecule has 0 bridgehead atoms. The highest BCUT2D eigenvalue weighted by Gasteiger charge is 2.30. The van der Waals surface area contributed by atoms with E-state index < -0.39 is 20.0 Å². The van der Waals surface area contributed by atoms with Gasteiger partial charge in [0, 0.05) is 12.8 Å². The topological polar surface area (TPSA) is 111 Å². The predicted octanol–water partition coefficient (Wildman–Crippen LogP) is 18.8. The Morgan fingerprint density at radius 1 is 0.480 bits per heavy atom. The van der Waals surface area contributed by atoms with Gasteiger partial charge in [-0.3, -0.25) is 18.6 Å². The average molecular weight is 1070 g/mol. The highest BCUT2D eigenvalue weighted by molar-refractivity contribution is 7.47. The van der Waals surface area contributed by atoms with Crippen LogP contribution in [0.1, 0.15) is 252 Å². The van der Waals surface area contributed by atoms with Gasteiger partial charge in [-0.05, 0) is 76.7 Å². The number of hydrogen-bond donors (Lipinski definition) is 2. The number of allylic oxidation sites excluding steroid dienone is 15. The first kappa shape index (κ1) is 71.9. The summed E-state index contributed by atoms with van der Waals surface area (Å²) in [6, 6.07) is -0.872. The highest BCUT2D eigenvalue weighted by atomic mass is 31.2. The summed E-state index contributed by atoms with van der Waals surface area (Å²) in [5, 5.41) is 3.04. The number of phosphoric acid groups is 1. The minimum absolute atomic E-state index is 0.0282. The smallest absolute Gasteiger partial charge is 0.456 e. The van der Waals surface area contributed by atoms with Gasteiger partial charge in [-0.15, -0.1) is 0 Å². The zero-order valence-corrected chi connectivity index (χ0v) is 50.2. The van der Waals surface area contributed by atoms with Crippen LogP contribution in [0.3, 0.4) is 0 Å². The summed E-state index contributed by atoms with van der Waals surface area (Å²) in [6.45, 7) is 6.82. The van der Waals surface area contributed by atoms with E-state index in [1.165, 1.54) is 148 Å². The Bertz CT molecular complexity index is 1610. The van der Waals surface area contributed by atoms with E-state index in [9.17, 15) is 19.0 Å². The zero-order valence-electron chi connectivity index (χ0n) is 49.3. The van der Waals surface area contributed by atoms with Gasteiger partial charge in [-0.25, -0.2) is 4.57 Å². The van der Waals surface area contributed by atoms with E-state index in [1.807, 2.05) is 94.1 Å². The van der Waals surface area contributed by atoms with Crippen molar-refractivity contribution in [2.45, 2.75) is 264 Å². The first-order valence-corrected chi connectivity index (χ1v) is 32.1. The summed E-state index contributed by atoms with van der Waals surface area (Å²) in [5.74, 6) is -0.560. The molecule has 0 aliphatic rings. The fourth-order valence-corrected chi connectivity index (χ4v) is 9.17. The second kappa shape index (κ2) is 54.3. The molecule has 0 fully saturated rings. The third-order valence-corrected chi connectivity index (χ3v) is 14.2. The largest absolute Gasteiger partial charge is 0.472 e. The van der Waals surface area contributed by atoms with E-state index in [2.05, 4.69) is 50.4 Å². The van der Waals surface area contributed by atoms with E-state index in [0.717, 1.165) is 64.2 Å². The lowest BCUT2D eigenvalue weighted by Gasteiger charge is -2.27. The molecule has 10 heteroatoms. The van der Waals surface area contributed by atoms with Gasteiger partial charge in [0.15, 0.2) is 0 Å². The predicted molar refractivity (Wildman–Crippen MR) is 323 cm³/mol. The maximum absolute atomic E-state index is 13.5. The summed E-state index contributed by atoms with van der Waals surface area (Å²) in [5.41, 5.74) is 0. The number of phosphoric ester groups is 1. The molecule has 2 N–H and O–H groups in total. The van der Waals surface area contributed by atoms with Crippen LogP contribution >= 0.6 is 7.82 Å². The Labute approximate surface area is 462 Å². The normalized spacial score (nSPS) is 14.4. The van der Waals surface area contributed by atoms with E-state index in [0.29, 0.717) is 23.9 Å². The molecule has 0 aliphatic carbocycles. The fraction of sp³-hybridized carbons (Fsp3) is 0.723. The van der Waals surface area contributed by atoms with Crippen LogP contribution in [0.15, 0.2) is 97.2 Å². The number of rotatable bonds is 54. The number of esters is 1. The lowest BCUT2D eigenvalue weighted by atomic mass is 10.0. The molecule has 0 spiro atoms. The van der Waals surface area contributed by atoms with Gasteiger partial charge < -0.3 is 19.4 Å². The monoisotopic (exact) mass is 1070 g/mol. The number of likely N-dealkylation sites (N-methyl/N-ethyl adjacent to an activating group) is 1. The number of carbonyl (C=O) groups excluding carboxylic acids is 2. The van der Waals surface area contributed by atoms with Crippen LogP contribution in [0.5, 0.6) is 0 Å². The molecule has 0 aromatic carbocycles. The Morgan fingerprint density at radius 2 is 0.867 bits per heavy atom. The van der Waals surface area contributed by atoms with Crippen molar-refractivity contribution >= 4 is 19.7 Å². The highest BCUT2D eigenvalue weighted by Crippen LogP contribution is 2.43. The van der Waals surface area contributed by atoms with Crippen molar-refractivity contribution in [3.63, 3.8) is 0 Å². The third kappa shape index (κ3) is 55.5. The van der Waals surface area contributed by atoms with Crippen LogP contribution < -0.4 is 5.32 Å². The molecular formula is C65H116N2O7P+. The molecular weight excluding hydrogens is 952 g/mol. The Kier molecular flexibility index (Phi) is 52.1. The summed E-state index contributed by atoms with van der Waals surface area (Å²) >= 11 is 0. The molecule has 3 atom stereocenters. The quantitative estimate of drug-likeness (QED) is 0.0156. The first-order chi connectivity index (χ1) is 36.4. The van der Waals surface area contributed by atoms with Crippen LogP contribution in [-0.2, 0) is 27.9 Å². The van der Waals surface area contributed by atoms with E-state index in [-0.39, 0.29) is 31.5 Å². The van der Waals surface area contributed by atoms with Gasteiger partial charge in [0.05, 0.1) is 33.8 Å². The zero-order chi connectivity index (χ0) is 55.0. The summed E-state index contributed by atoms with van der Waals surface area (Å²) < 4.78 is 30.6. The molecule has 0 saturated carbocycles. The molecule has 0 aromatic heterocycles. The minimum Gasteiger partial charge on any atom is -0.456 e. The first-order valence-electron chi connectivity index (χ1n) is 30.6. The van der Waals surface area contributed by atoms with Gasteiger partial charge in [0.25, 0.3) is 0 Å². The van der Waals surface area contributed by atoms with Crippen LogP contribution in [-0.4, -0.2) is 74.3 Å². The van der Waals surface area contributed by atoms with Gasteiger partial charge in [0.1, 0.15) is 19.3 Å². The van der Waals surface area contributed by atoms with Crippen molar-refractivity contribution in [2.24, 2.45) is 0 Å². The Hall–Kier alpha value is -3.07. The number of nitrogens with one attached hydrogen (secondary N) is 1. The summed E-state index contributed by atoms with van der Waals surface area (Å²) in [7, 11) is 1.46. The Morgan fingerprint density at radius 3 is 1.33 bits per heavy atom. The molecule has 1 amide bonds. The molecule has 0 radical (unpaired) electrons. The van der Waals surface area contributed by atoms with Crippen molar-refractivity contribution in [1.29, 1.82) is 0 Å². The van der Waals surface area contributed by atoms with Crippen molar-refractivity contribution in [3.8, 4) is 0 Å². The van der Waals surface area contributed by atoms with Gasteiger partial charge in [-0.2, -0.15) is 0 Å². The summed E-state index contributed by atoms with van der Waals surface area (Å²) in [6.07, 6.45) is 72.6. The SMILES string of the molecule is CC\C=C/C=C/C=C/C=C\C=C\C=C\CCCCCC(=O)OC(/C=C\CCCCCCCCCCC)C(COP(=O)(O)OCC[N+](C)(C)C)NC(=O)CCCCCCCCCCCCC/C=C/CCCCCCCC. The van der Waals surface area contributed by atoms with Crippen LogP contribution in [0.2, 0.25) is 0 Å². The lowest BCUT2D eigenvalue weighted by Crippen LogP contribution is -2.47. The minimum atomic E-state index is -4.46. The molecule has 432 valence electrons. The molecule has 3 unspecified atom stereocenters. The second-order valence-corrected chi connectivity index (χ2v) is 23.1. The maximum Gasteiger partial charge on any atom is 0.472 e. The molecule has 9 nitrogen and oxygen atoms in total. The standard InChI is InChI=1S/C65H115N2O7P/c1-7-10-13-16-19-22-25-27-29-31-32-33-34-36-37-39-42-45-48-51-54-57-64(68)66-62(61-73-75(70,71)72-60-59-67(4,5)6)63(56-53-50-47-44-41-24-21-18-15-12-9-3)74-65(69)58-55-52-49-46-43-40-38-35-30-28-26-23-20-17-14-11-8-2/h11,14,17,20,23,26-30,35,38,40,43,53,56,62-63H,7-10,12-13,15-16,18-19,21-22,24-25,31-34,36-37,39,41-42,44-52,54-55,57-61H2,1-6H3,(H-,66,68,70,71)/p+1/b14-11-,20-17+,26-23+,29-27+,30-28-,38-35+,43-40+,56-53-. The fourth-order valence-electron chi connectivity index (χ4n) is 8.44. The van der Waals surface area contributed by atoms with Gasteiger partial charge in [-0.1, -0.05) is 260 Å².